The molecule has 0 saturated heterocycles. The molecule has 0 aliphatic carbocycles. The van der Waals surface area contributed by atoms with E-state index in [9.17, 15) is 18.0 Å². The van der Waals surface area contributed by atoms with Crippen LogP contribution in [0.1, 0.15) is 21.1 Å². The van der Waals surface area contributed by atoms with Crippen LogP contribution in [0.25, 0.3) is 0 Å². The maximum absolute atomic E-state index is 13.0. The number of rotatable bonds is 6. The summed E-state index contributed by atoms with van der Waals surface area (Å²) in [6, 6.07) is 5.92. The van der Waals surface area contributed by atoms with Gasteiger partial charge in [0, 0.05) is 11.8 Å². The molecule has 1 aromatic carbocycles. The highest BCUT2D eigenvalue weighted by molar-refractivity contribution is 7.09. The van der Waals surface area contributed by atoms with Gasteiger partial charge < -0.3 is 11.1 Å². The van der Waals surface area contributed by atoms with Crippen LogP contribution in [0.5, 0.6) is 0 Å². The molecule has 1 heterocycles. The summed E-state index contributed by atoms with van der Waals surface area (Å²) in [7, 11) is 0. The summed E-state index contributed by atoms with van der Waals surface area (Å²) in [6.07, 6.45) is 0.442. The van der Waals surface area contributed by atoms with Gasteiger partial charge in [-0.25, -0.2) is 18.2 Å². The van der Waals surface area contributed by atoms with Crippen LogP contribution >= 0.6 is 11.3 Å². The van der Waals surface area contributed by atoms with Crippen LogP contribution in [0.4, 0.5) is 13.2 Å². The number of nitrogens with zero attached hydrogens (tertiary/aromatic N) is 1. The summed E-state index contributed by atoms with van der Waals surface area (Å²) in [5.41, 5.74) is 5.81. The summed E-state index contributed by atoms with van der Waals surface area (Å²) in [5.74, 6) is -4.14. The lowest BCUT2D eigenvalue weighted by molar-refractivity contribution is 0.0118. The molecule has 2 rings (SSSR count). The van der Waals surface area contributed by atoms with Crippen LogP contribution < -0.4 is 11.1 Å². The number of amides is 1. The fourth-order valence-corrected chi connectivity index (χ4v) is 2.45. The fraction of sp³-hybridized carbons (Fsp3) is 0.286. The van der Waals surface area contributed by atoms with E-state index in [4.69, 9.17) is 5.73 Å². The Morgan fingerprint density at radius 3 is 2.64 bits per heavy atom. The molecule has 0 aliphatic rings. The highest BCUT2D eigenvalue weighted by atomic mass is 32.1. The topological polar surface area (TPSA) is 68.0 Å². The lowest BCUT2D eigenvalue weighted by atomic mass is 10.1. The van der Waals surface area contributed by atoms with E-state index in [-0.39, 0.29) is 11.5 Å². The summed E-state index contributed by atoms with van der Waals surface area (Å²) in [4.78, 5) is 15.8. The number of nitrogens with two attached hydrogens (primary N) is 1. The zero-order chi connectivity index (χ0) is 16.2. The predicted molar refractivity (Wildman–Crippen MR) is 77.7 cm³/mol. The molecule has 3 N–H and O–H groups in total. The number of thiazole rings is 1. The number of aromatic nitrogens is 1. The maximum atomic E-state index is 13.0. The summed E-state index contributed by atoms with van der Waals surface area (Å²) >= 11 is 1.24. The average Bonchev–Trinajstić information content (AvgIpc) is 2.96. The highest BCUT2D eigenvalue weighted by Crippen LogP contribution is 2.16. The van der Waals surface area contributed by atoms with Crippen LogP contribution in [-0.2, 0) is 6.42 Å². The number of halogens is 3. The van der Waals surface area contributed by atoms with Gasteiger partial charge in [0.15, 0.2) is 0 Å². The molecule has 1 amide bonds. The van der Waals surface area contributed by atoms with Crippen LogP contribution in [0, 0.1) is 5.82 Å². The minimum atomic E-state index is -3.14. The molecule has 1 aromatic heterocycles. The molecule has 0 bridgehead atoms. The molecule has 0 atom stereocenters. The van der Waals surface area contributed by atoms with Crippen LogP contribution in [0.2, 0.25) is 0 Å². The van der Waals surface area contributed by atoms with Crippen molar-refractivity contribution in [1.29, 1.82) is 0 Å². The first-order valence-electron chi connectivity index (χ1n) is 6.44. The van der Waals surface area contributed by atoms with Crippen molar-refractivity contribution in [2.75, 3.05) is 13.1 Å². The first-order chi connectivity index (χ1) is 10.4. The Kier molecular flexibility index (Phi) is 5.15. The molecule has 8 heteroatoms. The van der Waals surface area contributed by atoms with Crippen LogP contribution in [-0.4, -0.2) is 29.9 Å². The molecular weight excluding hydrogens is 315 g/mol. The molecule has 0 fully saturated rings. The number of benzene rings is 1. The third-order valence-corrected chi connectivity index (χ3v) is 3.71. The van der Waals surface area contributed by atoms with Crippen molar-refractivity contribution in [1.82, 2.24) is 10.3 Å². The zero-order valence-electron chi connectivity index (χ0n) is 11.5. The summed E-state index contributed by atoms with van der Waals surface area (Å²) in [5, 5.41) is 4.24. The molecule has 0 spiro atoms. The second kappa shape index (κ2) is 6.89. The van der Waals surface area contributed by atoms with Crippen molar-refractivity contribution in [3.8, 4) is 0 Å². The Hall–Kier alpha value is -1.93. The third kappa shape index (κ3) is 4.54. The molecule has 0 saturated carbocycles. The van der Waals surface area contributed by atoms with Gasteiger partial charge in [-0.3, -0.25) is 4.79 Å². The van der Waals surface area contributed by atoms with E-state index in [2.05, 4.69) is 10.3 Å². The van der Waals surface area contributed by atoms with Crippen molar-refractivity contribution >= 4 is 17.2 Å². The Balaban J connectivity index is 1.96. The quantitative estimate of drug-likeness (QED) is 0.854. The van der Waals surface area contributed by atoms with Gasteiger partial charge in [0.2, 0.25) is 0 Å². The predicted octanol–water partition coefficient (Wildman–Crippen LogP) is 2.20. The zero-order valence-corrected chi connectivity index (χ0v) is 12.3. The Labute approximate surface area is 129 Å². The molecule has 22 heavy (non-hydrogen) atoms. The fourth-order valence-electron chi connectivity index (χ4n) is 1.65. The van der Waals surface area contributed by atoms with Crippen molar-refractivity contribution in [2.24, 2.45) is 5.73 Å². The van der Waals surface area contributed by atoms with Crippen molar-refractivity contribution in [3.05, 3.63) is 51.7 Å². The van der Waals surface area contributed by atoms with Gasteiger partial charge in [-0.1, -0.05) is 12.1 Å². The van der Waals surface area contributed by atoms with Gasteiger partial charge in [0.1, 0.15) is 11.5 Å². The minimum Gasteiger partial charge on any atom is -0.345 e. The smallest absolute Gasteiger partial charge is 0.277 e. The van der Waals surface area contributed by atoms with Crippen LogP contribution in [0.3, 0.4) is 0 Å². The minimum absolute atomic E-state index is 0.0786. The number of hydrogen-bond donors (Lipinski definition) is 2. The summed E-state index contributed by atoms with van der Waals surface area (Å²) < 4.78 is 38.7. The Bertz CT molecular complexity index is 643. The van der Waals surface area contributed by atoms with E-state index >= 15 is 0 Å². The maximum Gasteiger partial charge on any atom is 0.277 e. The lowest BCUT2D eigenvalue weighted by Crippen LogP contribution is -2.41. The van der Waals surface area contributed by atoms with E-state index in [1.807, 2.05) is 0 Å². The van der Waals surface area contributed by atoms with E-state index in [0.717, 1.165) is 5.56 Å². The number of nitrogens with one attached hydrogen (secondary N) is 1. The van der Waals surface area contributed by atoms with Gasteiger partial charge in [-0.15, -0.1) is 11.3 Å². The molecule has 0 radical (unpaired) electrons. The van der Waals surface area contributed by atoms with Crippen molar-refractivity contribution in [3.63, 3.8) is 0 Å². The SMILES string of the molecule is NCC(F)(F)CNC(=O)c1csc(Cc2ccc(F)cc2)n1. The third-order valence-electron chi connectivity index (χ3n) is 2.86. The van der Waals surface area contributed by atoms with E-state index in [1.54, 1.807) is 12.1 Å². The molecule has 0 aliphatic heterocycles. The lowest BCUT2D eigenvalue weighted by Gasteiger charge is -2.13. The Morgan fingerprint density at radius 2 is 2.00 bits per heavy atom. The van der Waals surface area contributed by atoms with Crippen molar-refractivity contribution < 1.29 is 18.0 Å². The van der Waals surface area contributed by atoms with Crippen LogP contribution in [0.15, 0.2) is 29.6 Å². The highest BCUT2D eigenvalue weighted by Gasteiger charge is 2.27. The average molecular weight is 329 g/mol. The number of carbonyl (C=O) groups is 1. The molecule has 4 nitrogen and oxygen atoms in total. The molecule has 0 unspecified atom stereocenters. The Morgan fingerprint density at radius 1 is 1.32 bits per heavy atom. The van der Waals surface area contributed by atoms with Gasteiger partial charge in [0.25, 0.3) is 11.8 Å². The van der Waals surface area contributed by atoms with E-state index in [1.165, 1.54) is 28.8 Å². The first-order valence-corrected chi connectivity index (χ1v) is 7.32. The monoisotopic (exact) mass is 329 g/mol. The summed E-state index contributed by atoms with van der Waals surface area (Å²) in [6.45, 7) is -1.66. The second-order valence-electron chi connectivity index (χ2n) is 4.67. The molecule has 118 valence electrons. The number of alkyl halides is 2. The van der Waals surface area contributed by atoms with Gasteiger partial charge in [-0.2, -0.15) is 0 Å². The van der Waals surface area contributed by atoms with Gasteiger partial charge in [0.05, 0.1) is 18.1 Å². The number of hydrogen-bond acceptors (Lipinski definition) is 4. The van der Waals surface area contributed by atoms with Gasteiger partial charge in [-0.05, 0) is 17.7 Å². The molecular formula is C14H14F3N3OS. The largest absolute Gasteiger partial charge is 0.345 e. The number of carbonyl (C=O) groups excluding carboxylic acids is 1. The molecule has 2 aromatic rings. The van der Waals surface area contributed by atoms with E-state index in [0.29, 0.717) is 11.4 Å². The first kappa shape index (κ1) is 16.4. The normalized spacial score (nSPS) is 11.5. The second-order valence-corrected chi connectivity index (χ2v) is 5.62. The standard InChI is InChI=1S/C14H14F3N3OS/c15-10-3-1-9(2-4-10)5-12-20-11(6-22-12)13(21)19-8-14(16,17)7-18/h1-4,6H,5,7-8,18H2,(H,19,21). The van der Waals surface area contributed by atoms with Crippen molar-refractivity contribution in [2.45, 2.75) is 12.3 Å². The van der Waals surface area contributed by atoms with E-state index < -0.39 is 24.9 Å². The van der Waals surface area contributed by atoms with Gasteiger partial charge >= 0.3 is 0 Å².